The molecule has 1 amide bonds. The number of carbonyl (C=O) groups is 2. The van der Waals surface area contributed by atoms with Crippen molar-refractivity contribution in [3.8, 4) is 0 Å². The van der Waals surface area contributed by atoms with E-state index >= 15 is 0 Å². The maximum Gasteiger partial charge on any atom is 0.365 e. The summed E-state index contributed by atoms with van der Waals surface area (Å²) >= 11 is 6.07. The van der Waals surface area contributed by atoms with Gasteiger partial charge in [-0.15, -0.1) is 0 Å². The van der Waals surface area contributed by atoms with Gasteiger partial charge in [-0.1, -0.05) is 61.8 Å². The summed E-state index contributed by atoms with van der Waals surface area (Å²) < 4.78 is 0. The van der Waals surface area contributed by atoms with Gasteiger partial charge < -0.3 is 10.2 Å². The summed E-state index contributed by atoms with van der Waals surface area (Å²) in [4.78, 5) is 31.1. The molecule has 2 aromatic carbocycles. The van der Waals surface area contributed by atoms with Gasteiger partial charge in [-0.05, 0) is 48.6 Å². The topological polar surface area (TPSA) is 67.8 Å². The highest BCUT2D eigenvalue weighted by Crippen LogP contribution is 2.71. The third kappa shape index (κ3) is 3.03. The monoisotopic (exact) mass is 424 g/mol. The number of hydrogen-bond donors (Lipinski definition) is 1. The molecule has 2 aliphatic rings. The Kier molecular flexibility index (Phi) is 4.97. The Bertz CT molecular complexity index is 1030. The number of hydrogen-bond acceptors (Lipinski definition) is 4. The van der Waals surface area contributed by atoms with Crippen LogP contribution in [0.2, 0.25) is 5.02 Å². The first-order valence-corrected chi connectivity index (χ1v) is 10.5. The fourth-order valence-electron chi connectivity index (χ4n) is 5.06. The number of halogens is 1. The van der Waals surface area contributed by atoms with Crippen molar-refractivity contribution in [1.29, 1.82) is 0 Å². The van der Waals surface area contributed by atoms with E-state index < -0.39 is 11.4 Å². The van der Waals surface area contributed by atoms with Gasteiger partial charge in [0.15, 0.2) is 0 Å². The van der Waals surface area contributed by atoms with Gasteiger partial charge in [0, 0.05) is 22.5 Å². The average Bonchev–Trinajstić information content (AvgIpc) is 3.03. The van der Waals surface area contributed by atoms with Crippen LogP contribution in [0.15, 0.2) is 59.8 Å². The Morgan fingerprint density at radius 2 is 1.77 bits per heavy atom. The number of benzene rings is 2. The molecule has 2 saturated carbocycles. The van der Waals surface area contributed by atoms with Crippen molar-refractivity contribution >= 4 is 34.9 Å². The summed E-state index contributed by atoms with van der Waals surface area (Å²) in [5.74, 6) is -0.539. The van der Waals surface area contributed by atoms with Crippen LogP contribution in [-0.4, -0.2) is 17.6 Å². The van der Waals surface area contributed by atoms with E-state index in [1.165, 1.54) is 0 Å². The van der Waals surface area contributed by atoms with Gasteiger partial charge >= 0.3 is 5.97 Å². The van der Waals surface area contributed by atoms with Gasteiger partial charge in [-0.25, -0.2) is 4.79 Å². The molecule has 2 bridgehead atoms. The number of oxime groups is 1. The van der Waals surface area contributed by atoms with Crippen LogP contribution in [0.4, 0.5) is 5.69 Å². The van der Waals surface area contributed by atoms with Gasteiger partial charge in [0.2, 0.25) is 5.91 Å². The first kappa shape index (κ1) is 20.6. The van der Waals surface area contributed by atoms with Crippen molar-refractivity contribution in [2.75, 3.05) is 5.32 Å². The van der Waals surface area contributed by atoms with E-state index in [2.05, 4.69) is 31.2 Å². The number of anilines is 1. The zero-order valence-corrected chi connectivity index (χ0v) is 18.1. The second kappa shape index (κ2) is 7.24. The van der Waals surface area contributed by atoms with Crippen LogP contribution in [-0.2, 0) is 9.63 Å². The lowest BCUT2D eigenvalue weighted by atomic mass is 9.64. The fraction of sp³-hybridized carbons (Fsp3) is 0.375. The Morgan fingerprint density at radius 3 is 2.47 bits per heavy atom. The second-order valence-electron chi connectivity index (χ2n) is 8.96. The summed E-state index contributed by atoms with van der Waals surface area (Å²) in [7, 11) is 0. The molecule has 0 saturated heterocycles. The summed E-state index contributed by atoms with van der Waals surface area (Å²) in [6.07, 6.45) is 2.03. The van der Waals surface area contributed by atoms with Crippen molar-refractivity contribution in [3.05, 3.63) is 65.2 Å². The van der Waals surface area contributed by atoms with E-state index in [0.717, 1.165) is 18.6 Å². The van der Waals surface area contributed by atoms with E-state index in [4.69, 9.17) is 16.4 Å². The molecule has 0 heterocycles. The van der Waals surface area contributed by atoms with Crippen molar-refractivity contribution in [2.24, 2.45) is 21.4 Å². The van der Waals surface area contributed by atoms with Crippen molar-refractivity contribution in [3.63, 3.8) is 0 Å². The lowest BCUT2D eigenvalue weighted by molar-refractivity contribution is -0.130. The summed E-state index contributed by atoms with van der Waals surface area (Å²) in [6, 6.07) is 15.9. The van der Waals surface area contributed by atoms with Gasteiger partial charge in [0.1, 0.15) is 0 Å². The van der Waals surface area contributed by atoms with Crippen molar-refractivity contribution in [2.45, 2.75) is 40.0 Å². The molecular formula is C24H25ClN2O3. The lowest BCUT2D eigenvalue weighted by Gasteiger charge is -2.39. The van der Waals surface area contributed by atoms with E-state index in [1.54, 1.807) is 36.4 Å². The number of carbonyl (C=O) groups excluding carboxylic acids is 2. The van der Waals surface area contributed by atoms with Crippen LogP contribution >= 0.6 is 11.6 Å². The predicted molar refractivity (Wildman–Crippen MR) is 118 cm³/mol. The molecular weight excluding hydrogens is 400 g/mol. The SMILES string of the molecule is CC12CCC(C(=O)Nc3cccc(Cl)c3)(CC1=NOC(=O)c1ccccc1)C2(C)C. The van der Waals surface area contributed by atoms with Crippen LogP contribution < -0.4 is 5.32 Å². The number of fused-ring (bicyclic) bond motifs is 2. The van der Waals surface area contributed by atoms with Gasteiger partial charge in [-0.2, -0.15) is 0 Å². The van der Waals surface area contributed by atoms with Gasteiger partial charge in [0.25, 0.3) is 0 Å². The second-order valence-corrected chi connectivity index (χ2v) is 9.40. The first-order chi connectivity index (χ1) is 14.2. The van der Waals surface area contributed by atoms with Crippen molar-refractivity contribution < 1.29 is 14.4 Å². The van der Waals surface area contributed by atoms with Crippen molar-refractivity contribution in [1.82, 2.24) is 0 Å². The Morgan fingerprint density at radius 1 is 1.03 bits per heavy atom. The molecule has 1 N–H and O–H groups in total. The molecule has 4 rings (SSSR count). The lowest BCUT2D eigenvalue weighted by Crippen LogP contribution is -2.43. The highest BCUT2D eigenvalue weighted by Gasteiger charge is 2.71. The Hall–Kier alpha value is -2.66. The largest absolute Gasteiger partial charge is 0.365 e. The fourth-order valence-corrected chi connectivity index (χ4v) is 5.25. The van der Waals surface area contributed by atoms with Gasteiger partial charge in [-0.3, -0.25) is 4.79 Å². The zero-order valence-electron chi connectivity index (χ0n) is 17.4. The van der Waals surface area contributed by atoms with Crippen LogP contribution in [0.5, 0.6) is 0 Å². The minimum Gasteiger partial charge on any atom is -0.326 e. The Balaban J connectivity index is 1.59. The predicted octanol–water partition coefficient (Wildman–Crippen LogP) is 5.71. The molecule has 156 valence electrons. The smallest absolute Gasteiger partial charge is 0.326 e. The minimum atomic E-state index is -0.623. The maximum absolute atomic E-state index is 13.5. The summed E-state index contributed by atoms with van der Waals surface area (Å²) in [6.45, 7) is 6.34. The molecule has 2 aromatic rings. The molecule has 2 atom stereocenters. The molecule has 0 radical (unpaired) electrons. The van der Waals surface area contributed by atoms with Crippen LogP contribution in [0.1, 0.15) is 50.4 Å². The van der Waals surface area contributed by atoms with Gasteiger partial charge in [0.05, 0.1) is 16.7 Å². The van der Waals surface area contributed by atoms with Crippen LogP contribution in [0.3, 0.4) is 0 Å². The van der Waals surface area contributed by atoms with Crippen LogP contribution in [0, 0.1) is 16.2 Å². The van der Waals surface area contributed by atoms with E-state index in [9.17, 15) is 9.59 Å². The highest BCUT2D eigenvalue weighted by molar-refractivity contribution is 6.30. The van der Waals surface area contributed by atoms with E-state index in [-0.39, 0.29) is 16.7 Å². The van der Waals surface area contributed by atoms with E-state index in [1.807, 2.05) is 18.2 Å². The zero-order chi connectivity index (χ0) is 21.6. The average molecular weight is 425 g/mol. The molecule has 0 aromatic heterocycles. The highest BCUT2D eigenvalue weighted by atomic mass is 35.5. The molecule has 0 aliphatic heterocycles. The standard InChI is InChI=1S/C24H25ClN2O3/c1-22(2)23(3)12-13-24(22,21(29)26-18-11-7-10-17(25)14-18)15-19(23)27-30-20(28)16-8-5-4-6-9-16/h4-11,14H,12-13,15H2,1-3H3,(H,26,29). The third-order valence-electron chi connectivity index (χ3n) is 7.50. The molecule has 0 spiro atoms. The molecule has 2 unspecified atom stereocenters. The molecule has 2 aliphatic carbocycles. The quantitative estimate of drug-likeness (QED) is 0.505. The maximum atomic E-state index is 13.5. The van der Waals surface area contributed by atoms with Crippen LogP contribution in [0.25, 0.3) is 0 Å². The Labute approximate surface area is 181 Å². The molecule has 30 heavy (non-hydrogen) atoms. The summed E-state index contributed by atoms with van der Waals surface area (Å²) in [5.41, 5.74) is 0.595. The number of nitrogens with zero attached hydrogens (tertiary/aromatic N) is 1. The number of nitrogens with one attached hydrogen (secondary N) is 1. The number of amides is 1. The first-order valence-electron chi connectivity index (χ1n) is 10.1. The summed E-state index contributed by atoms with van der Waals surface area (Å²) in [5, 5.41) is 7.88. The molecule has 6 heteroatoms. The normalized spacial score (nSPS) is 27.8. The molecule has 2 fully saturated rings. The van der Waals surface area contributed by atoms with E-state index in [0.29, 0.717) is 22.7 Å². The number of rotatable bonds is 4. The molecule has 5 nitrogen and oxygen atoms in total. The third-order valence-corrected chi connectivity index (χ3v) is 7.73. The minimum absolute atomic E-state index is 0.0434.